The maximum absolute atomic E-state index is 15.5. The summed E-state index contributed by atoms with van der Waals surface area (Å²) in [6, 6.07) is -0.304. The number of likely N-dealkylation sites (tertiary alicyclic amines) is 1. The number of nitrogens with zero attached hydrogens (tertiary/aromatic N) is 6. The molecule has 5 aliphatic rings. The second-order valence-corrected chi connectivity index (χ2v) is 13.2. The number of halogens is 2. The van der Waals surface area contributed by atoms with E-state index < -0.39 is 11.4 Å². The number of hydrogen-bond donors (Lipinski definition) is 0. The van der Waals surface area contributed by atoms with Crippen LogP contribution in [0.3, 0.4) is 0 Å². The van der Waals surface area contributed by atoms with E-state index in [9.17, 15) is 4.79 Å². The van der Waals surface area contributed by atoms with Gasteiger partial charge in [-0.15, -0.1) is 0 Å². The third-order valence-electron chi connectivity index (χ3n) is 8.96. The molecule has 224 valence electrons. The van der Waals surface area contributed by atoms with Crippen molar-refractivity contribution in [3.63, 3.8) is 0 Å². The fourth-order valence-electron chi connectivity index (χ4n) is 7.15. The normalized spacial score (nSPS) is 29.0. The van der Waals surface area contributed by atoms with Gasteiger partial charge in [-0.2, -0.15) is 0 Å². The van der Waals surface area contributed by atoms with Crippen LogP contribution < -0.4 is 14.5 Å². The van der Waals surface area contributed by atoms with Crippen LogP contribution in [0.1, 0.15) is 47.0 Å². The maximum atomic E-state index is 15.5. The Labute approximate surface area is 249 Å². The Morgan fingerprint density at radius 1 is 1.21 bits per heavy atom. The minimum atomic E-state index is -0.675. The lowest BCUT2D eigenvalue weighted by Gasteiger charge is -2.56. The number of piperazine rings is 1. The summed E-state index contributed by atoms with van der Waals surface area (Å²) < 4.78 is 33.8. The third kappa shape index (κ3) is 4.26. The van der Waals surface area contributed by atoms with Crippen LogP contribution in [0.5, 0.6) is 5.88 Å². The van der Waals surface area contributed by atoms with E-state index in [1.54, 1.807) is 17.4 Å². The van der Waals surface area contributed by atoms with Crippen LogP contribution in [0.15, 0.2) is 30.0 Å². The number of likely N-dealkylation sites (N-methyl/N-ethyl adjacent to an activating group) is 1. The zero-order valence-corrected chi connectivity index (χ0v) is 25.3. The largest absolute Gasteiger partial charge is 0.474 e. The quantitative estimate of drug-likeness (QED) is 0.418. The molecule has 2 saturated heterocycles. The number of anilines is 2. The summed E-state index contributed by atoms with van der Waals surface area (Å²) in [6.07, 6.45) is 7.70. The molecule has 0 spiro atoms. The lowest BCUT2D eigenvalue weighted by atomic mass is 9.91. The minimum Gasteiger partial charge on any atom is -0.474 e. The number of pyridine rings is 2. The molecule has 5 aliphatic heterocycles. The van der Waals surface area contributed by atoms with Gasteiger partial charge in [-0.3, -0.25) is 0 Å². The Kier molecular flexibility index (Phi) is 6.47. The predicted molar refractivity (Wildman–Crippen MR) is 157 cm³/mol. The van der Waals surface area contributed by atoms with Gasteiger partial charge in [-0.25, -0.2) is 19.2 Å². The number of rotatable bonds is 1. The average molecular weight is 599 g/mol. The Balaban J connectivity index is 1.46. The Morgan fingerprint density at radius 3 is 2.71 bits per heavy atom. The SMILES string of the molecule is C[C@@H]1CN2c3c4c(nc5c(F)c(Cl)ncc35)OC[C@@H]([C@@H]3CCCN3C)N4C(=C3CC=CO3)[C@H]2CN1C(=O)OC(C)(C)C. The van der Waals surface area contributed by atoms with Gasteiger partial charge in [0.2, 0.25) is 5.88 Å². The summed E-state index contributed by atoms with van der Waals surface area (Å²) in [7, 11) is 2.15. The monoisotopic (exact) mass is 598 g/mol. The highest BCUT2D eigenvalue weighted by Crippen LogP contribution is 2.54. The Hall–Kier alpha value is -3.31. The van der Waals surface area contributed by atoms with Crippen LogP contribution in [0, 0.1) is 5.82 Å². The highest BCUT2D eigenvalue weighted by molar-refractivity contribution is 6.30. The standard InChI is InChI=1S/C30H36ClFN6O4/c1-16-13-37-19(14-36(16)29(39)42-30(2,3)4)25(21-9-7-11-40-21)38-20(18-8-6-10-35(18)5)15-41-28-26(38)24(37)17-12-33-27(31)22(32)23(17)34-28/h7,11-12,16,18-20H,6,8-10,13-15H2,1-5H3/t16-,18+,19-,20+/m1/s1. The molecule has 7 rings (SSSR count). The first-order chi connectivity index (χ1) is 20.0. The van der Waals surface area contributed by atoms with Crippen molar-refractivity contribution in [2.75, 3.05) is 43.1 Å². The fourth-order valence-corrected chi connectivity index (χ4v) is 7.29. The second kappa shape index (κ2) is 9.87. The molecule has 0 bridgehead atoms. The highest BCUT2D eigenvalue weighted by atomic mass is 35.5. The van der Waals surface area contributed by atoms with E-state index in [1.165, 1.54) is 0 Å². The first-order valence-corrected chi connectivity index (χ1v) is 15.0. The number of carbonyl (C=O) groups is 1. The summed E-state index contributed by atoms with van der Waals surface area (Å²) in [5.74, 6) is 0.513. The van der Waals surface area contributed by atoms with Crippen molar-refractivity contribution in [2.45, 2.75) is 76.7 Å². The zero-order chi connectivity index (χ0) is 29.5. The first kappa shape index (κ1) is 27.5. The number of allylic oxidation sites excluding steroid dienone is 1. The molecule has 7 heterocycles. The van der Waals surface area contributed by atoms with Gasteiger partial charge in [0, 0.05) is 36.6 Å². The molecule has 0 saturated carbocycles. The Bertz CT molecular complexity index is 1520. The van der Waals surface area contributed by atoms with Crippen molar-refractivity contribution in [1.82, 2.24) is 19.8 Å². The van der Waals surface area contributed by atoms with Gasteiger partial charge < -0.3 is 33.8 Å². The summed E-state index contributed by atoms with van der Waals surface area (Å²) >= 11 is 6.13. The van der Waals surface area contributed by atoms with Crippen molar-refractivity contribution in [2.24, 2.45) is 0 Å². The average Bonchev–Trinajstić information content (AvgIpc) is 3.62. The van der Waals surface area contributed by atoms with E-state index in [0.717, 1.165) is 42.2 Å². The lowest BCUT2D eigenvalue weighted by molar-refractivity contribution is 0.0130. The van der Waals surface area contributed by atoms with Crippen LogP contribution in [-0.2, 0) is 9.47 Å². The molecular formula is C30H36ClFN6O4. The lowest BCUT2D eigenvalue weighted by Crippen LogP contribution is -2.66. The second-order valence-electron chi connectivity index (χ2n) is 12.8. The highest BCUT2D eigenvalue weighted by Gasteiger charge is 2.52. The molecule has 1 amide bonds. The summed E-state index contributed by atoms with van der Waals surface area (Å²) in [4.78, 5) is 31.1. The Morgan fingerprint density at radius 2 is 2.02 bits per heavy atom. The van der Waals surface area contributed by atoms with Crippen molar-refractivity contribution < 1.29 is 23.4 Å². The first-order valence-electron chi connectivity index (χ1n) is 14.6. The molecule has 10 nitrogen and oxygen atoms in total. The van der Waals surface area contributed by atoms with E-state index in [4.69, 9.17) is 25.8 Å². The molecule has 2 fully saturated rings. The summed E-state index contributed by atoms with van der Waals surface area (Å²) in [5, 5.41) is 0.325. The van der Waals surface area contributed by atoms with Crippen molar-refractivity contribution in [3.05, 3.63) is 41.0 Å². The molecule has 2 aromatic rings. The summed E-state index contributed by atoms with van der Waals surface area (Å²) in [5.41, 5.74) is 2.05. The predicted octanol–water partition coefficient (Wildman–Crippen LogP) is 5.06. The van der Waals surface area contributed by atoms with Gasteiger partial charge >= 0.3 is 6.09 Å². The van der Waals surface area contributed by atoms with Gasteiger partial charge in [-0.1, -0.05) is 11.6 Å². The van der Waals surface area contributed by atoms with Gasteiger partial charge in [0.1, 0.15) is 29.2 Å². The molecule has 0 unspecified atom stereocenters. The van der Waals surface area contributed by atoms with E-state index in [0.29, 0.717) is 37.4 Å². The van der Waals surface area contributed by atoms with Crippen molar-refractivity contribution in [3.8, 4) is 5.88 Å². The molecule has 0 aromatic carbocycles. The van der Waals surface area contributed by atoms with Crippen molar-refractivity contribution >= 4 is 40.0 Å². The van der Waals surface area contributed by atoms with Gasteiger partial charge in [-0.05, 0) is 60.2 Å². The number of ether oxygens (including phenoxy) is 3. The number of fused-ring (bicyclic) bond motifs is 4. The van der Waals surface area contributed by atoms with E-state index in [-0.39, 0.29) is 40.9 Å². The topological polar surface area (TPSA) is 83.5 Å². The van der Waals surface area contributed by atoms with Gasteiger partial charge in [0.05, 0.1) is 36.3 Å². The fraction of sp³-hybridized carbons (Fsp3) is 0.567. The molecule has 0 radical (unpaired) electrons. The molecule has 2 aromatic heterocycles. The smallest absolute Gasteiger partial charge is 0.410 e. The molecule has 0 aliphatic carbocycles. The van der Waals surface area contributed by atoms with E-state index in [1.807, 2.05) is 33.8 Å². The molecular weight excluding hydrogens is 563 g/mol. The number of aromatic nitrogens is 2. The van der Waals surface area contributed by atoms with Gasteiger partial charge in [0.15, 0.2) is 11.0 Å². The van der Waals surface area contributed by atoms with E-state index in [2.05, 4.69) is 31.7 Å². The van der Waals surface area contributed by atoms with Crippen molar-refractivity contribution in [1.29, 1.82) is 0 Å². The zero-order valence-electron chi connectivity index (χ0n) is 24.6. The molecule has 0 N–H and O–H groups in total. The maximum Gasteiger partial charge on any atom is 0.410 e. The minimum absolute atomic E-state index is 0.0451. The van der Waals surface area contributed by atoms with Crippen LogP contribution in [0.25, 0.3) is 10.9 Å². The number of amides is 1. The number of carbonyl (C=O) groups excluding carboxylic acids is 1. The third-order valence-corrected chi connectivity index (χ3v) is 9.22. The van der Waals surface area contributed by atoms with Gasteiger partial charge in [0.25, 0.3) is 0 Å². The molecule has 42 heavy (non-hydrogen) atoms. The van der Waals surface area contributed by atoms with Crippen LogP contribution >= 0.6 is 11.6 Å². The summed E-state index contributed by atoms with van der Waals surface area (Å²) in [6.45, 7) is 9.85. The van der Waals surface area contributed by atoms with Crippen LogP contribution in [-0.4, -0.2) is 88.9 Å². The van der Waals surface area contributed by atoms with E-state index >= 15 is 4.39 Å². The molecule has 12 heteroatoms. The molecule has 4 atom stereocenters. The van der Waals surface area contributed by atoms with Crippen LogP contribution in [0.4, 0.5) is 20.6 Å². The van der Waals surface area contributed by atoms with Crippen LogP contribution in [0.2, 0.25) is 5.15 Å². The number of hydrogen-bond acceptors (Lipinski definition) is 9.